The Balaban J connectivity index is 1.82. The number of nitrogens with zero attached hydrogens (tertiary/aromatic N) is 1. The quantitative estimate of drug-likeness (QED) is 0.790. The highest BCUT2D eigenvalue weighted by Gasteiger charge is 2.08. The van der Waals surface area contributed by atoms with Crippen molar-refractivity contribution in [3.63, 3.8) is 0 Å². The molecule has 0 saturated heterocycles. The normalized spacial score (nSPS) is 10.8. The molecule has 0 aliphatic carbocycles. The molecule has 0 aliphatic heterocycles. The van der Waals surface area contributed by atoms with Crippen LogP contribution in [-0.2, 0) is 13.0 Å². The molecular weight excluding hydrogens is 283 g/mol. The summed E-state index contributed by atoms with van der Waals surface area (Å²) in [5, 5.41) is 2.92. The number of aromatic nitrogens is 1. The van der Waals surface area contributed by atoms with Crippen LogP contribution in [0.4, 0.5) is 4.39 Å². The zero-order valence-corrected chi connectivity index (χ0v) is 12.2. The van der Waals surface area contributed by atoms with E-state index in [1.165, 1.54) is 6.07 Å². The van der Waals surface area contributed by atoms with Gasteiger partial charge in [-0.3, -0.25) is 0 Å². The van der Waals surface area contributed by atoms with Crippen LogP contribution in [0.3, 0.4) is 0 Å². The molecular formula is C17H15FN2S. The Labute approximate surface area is 127 Å². The van der Waals surface area contributed by atoms with Crippen molar-refractivity contribution >= 4 is 11.3 Å². The zero-order chi connectivity index (χ0) is 14.7. The molecule has 106 valence electrons. The summed E-state index contributed by atoms with van der Waals surface area (Å²) >= 11 is 1.56. The van der Waals surface area contributed by atoms with Crippen LogP contribution in [0, 0.1) is 5.82 Å². The lowest BCUT2D eigenvalue weighted by Gasteiger charge is -2.03. The maximum Gasteiger partial charge on any atom is 0.127 e. The number of rotatable bonds is 4. The van der Waals surface area contributed by atoms with E-state index < -0.39 is 0 Å². The fraction of sp³-hybridized carbons (Fsp3) is 0.118. The van der Waals surface area contributed by atoms with Crippen LogP contribution in [0.1, 0.15) is 16.1 Å². The maximum absolute atomic E-state index is 14.0. The molecule has 2 aromatic carbocycles. The van der Waals surface area contributed by atoms with Crippen LogP contribution in [0.2, 0.25) is 0 Å². The third-order valence-electron chi connectivity index (χ3n) is 3.32. The van der Waals surface area contributed by atoms with Crippen LogP contribution in [0.25, 0.3) is 11.3 Å². The second kappa shape index (κ2) is 6.16. The Morgan fingerprint density at radius 3 is 2.62 bits per heavy atom. The molecule has 0 radical (unpaired) electrons. The minimum absolute atomic E-state index is 0.214. The SMILES string of the molecule is NCc1ccc(Cc2nc(-c3ccccc3)cs2)c(F)c1. The second-order valence-corrected chi connectivity index (χ2v) is 5.74. The third kappa shape index (κ3) is 3.17. The Morgan fingerprint density at radius 1 is 1.10 bits per heavy atom. The van der Waals surface area contributed by atoms with E-state index in [0.29, 0.717) is 18.5 Å². The third-order valence-corrected chi connectivity index (χ3v) is 4.16. The molecule has 0 saturated carbocycles. The lowest BCUT2D eigenvalue weighted by atomic mass is 10.1. The number of hydrogen-bond donors (Lipinski definition) is 1. The first kappa shape index (κ1) is 13.9. The number of hydrogen-bond acceptors (Lipinski definition) is 3. The largest absolute Gasteiger partial charge is 0.326 e. The highest BCUT2D eigenvalue weighted by molar-refractivity contribution is 7.10. The van der Waals surface area contributed by atoms with Gasteiger partial charge in [-0.05, 0) is 17.2 Å². The smallest absolute Gasteiger partial charge is 0.127 e. The van der Waals surface area contributed by atoms with Crippen molar-refractivity contribution in [2.24, 2.45) is 5.73 Å². The Hall–Kier alpha value is -2.04. The lowest BCUT2D eigenvalue weighted by Crippen LogP contribution is -1.99. The summed E-state index contributed by atoms with van der Waals surface area (Å²) in [4.78, 5) is 4.59. The van der Waals surface area contributed by atoms with E-state index in [4.69, 9.17) is 5.73 Å². The van der Waals surface area contributed by atoms with Crippen molar-refractivity contribution in [1.29, 1.82) is 0 Å². The molecule has 4 heteroatoms. The molecule has 2 N–H and O–H groups in total. The van der Waals surface area contributed by atoms with Gasteiger partial charge < -0.3 is 5.73 Å². The van der Waals surface area contributed by atoms with Gasteiger partial charge in [0.1, 0.15) is 5.82 Å². The van der Waals surface area contributed by atoms with Crippen LogP contribution < -0.4 is 5.73 Å². The van der Waals surface area contributed by atoms with Crippen LogP contribution in [0.5, 0.6) is 0 Å². The van der Waals surface area contributed by atoms with Gasteiger partial charge in [-0.1, -0.05) is 42.5 Å². The van der Waals surface area contributed by atoms with Crippen LogP contribution in [-0.4, -0.2) is 4.98 Å². The maximum atomic E-state index is 14.0. The Morgan fingerprint density at radius 2 is 1.90 bits per heavy atom. The zero-order valence-electron chi connectivity index (χ0n) is 11.4. The summed E-state index contributed by atoms with van der Waals surface area (Å²) in [6, 6.07) is 15.2. The number of nitrogens with two attached hydrogens (primary N) is 1. The summed E-state index contributed by atoms with van der Waals surface area (Å²) in [7, 11) is 0. The van der Waals surface area contributed by atoms with E-state index in [2.05, 4.69) is 4.98 Å². The van der Waals surface area contributed by atoms with Crippen LogP contribution in [0.15, 0.2) is 53.9 Å². The molecule has 1 heterocycles. The number of halogens is 1. The van der Waals surface area contributed by atoms with Crippen molar-refractivity contribution in [3.8, 4) is 11.3 Å². The molecule has 0 amide bonds. The van der Waals surface area contributed by atoms with E-state index in [-0.39, 0.29) is 5.82 Å². The average Bonchev–Trinajstić information content (AvgIpc) is 2.99. The summed E-state index contributed by atoms with van der Waals surface area (Å²) in [6.07, 6.45) is 0.508. The van der Waals surface area contributed by atoms with Gasteiger partial charge in [-0.15, -0.1) is 11.3 Å². The molecule has 3 aromatic rings. The second-order valence-electron chi connectivity index (χ2n) is 4.80. The molecule has 21 heavy (non-hydrogen) atoms. The van der Waals surface area contributed by atoms with Crippen molar-refractivity contribution in [3.05, 3.63) is 75.9 Å². The van der Waals surface area contributed by atoms with Gasteiger partial charge >= 0.3 is 0 Å². The van der Waals surface area contributed by atoms with Crippen molar-refractivity contribution in [2.75, 3.05) is 0 Å². The van der Waals surface area contributed by atoms with E-state index in [9.17, 15) is 4.39 Å². The monoisotopic (exact) mass is 298 g/mol. The van der Waals surface area contributed by atoms with Crippen molar-refractivity contribution in [1.82, 2.24) is 4.98 Å². The van der Waals surface area contributed by atoms with Gasteiger partial charge in [0.15, 0.2) is 0 Å². The minimum Gasteiger partial charge on any atom is -0.326 e. The Bertz CT molecular complexity index is 738. The molecule has 0 fully saturated rings. The first-order valence-corrected chi connectivity index (χ1v) is 7.61. The Kier molecular flexibility index (Phi) is 4.08. The molecule has 1 aromatic heterocycles. The van der Waals surface area contributed by atoms with Gasteiger partial charge in [0, 0.05) is 23.9 Å². The first-order chi connectivity index (χ1) is 10.3. The lowest BCUT2D eigenvalue weighted by molar-refractivity contribution is 0.611. The minimum atomic E-state index is -0.214. The fourth-order valence-electron chi connectivity index (χ4n) is 2.16. The number of thiazole rings is 1. The molecule has 0 unspecified atom stereocenters. The molecule has 0 bridgehead atoms. The number of benzene rings is 2. The van der Waals surface area contributed by atoms with Crippen molar-refractivity contribution < 1.29 is 4.39 Å². The molecule has 2 nitrogen and oxygen atoms in total. The van der Waals surface area contributed by atoms with Gasteiger partial charge in [0.05, 0.1) is 10.7 Å². The highest BCUT2D eigenvalue weighted by Crippen LogP contribution is 2.24. The molecule has 0 atom stereocenters. The van der Waals surface area contributed by atoms with Gasteiger partial charge in [0.25, 0.3) is 0 Å². The van der Waals surface area contributed by atoms with E-state index >= 15 is 0 Å². The molecule has 0 aliphatic rings. The molecule has 3 rings (SSSR count). The molecule has 0 spiro atoms. The topological polar surface area (TPSA) is 38.9 Å². The highest BCUT2D eigenvalue weighted by atomic mass is 32.1. The van der Waals surface area contributed by atoms with E-state index in [1.54, 1.807) is 17.4 Å². The standard InChI is InChI=1S/C17H15FN2S/c18-15-8-12(10-19)6-7-14(15)9-17-20-16(11-21-17)13-4-2-1-3-5-13/h1-8,11H,9-10,19H2. The predicted octanol–water partition coefficient (Wildman–Crippen LogP) is 4.00. The fourth-order valence-corrected chi connectivity index (χ4v) is 2.98. The predicted molar refractivity (Wildman–Crippen MR) is 84.6 cm³/mol. The summed E-state index contributed by atoms with van der Waals surface area (Å²) in [6.45, 7) is 0.354. The van der Waals surface area contributed by atoms with E-state index in [1.807, 2.05) is 41.8 Å². The summed E-state index contributed by atoms with van der Waals surface area (Å²) in [5.41, 5.74) is 8.99. The summed E-state index contributed by atoms with van der Waals surface area (Å²) in [5.74, 6) is -0.214. The first-order valence-electron chi connectivity index (χ1n) is 6.73. The van der Waals surface area contributed by atoms with E-state index in [0.717, 1.165) is 21.8 Å². The van der Waals surface area contributed by atoms with Gasteiger partial charge in [-0.25, -0.2) is 9.37 Å². The summed E-state index contributed by atoms with van der Waals surface area (Å²) < 4.78 is 14.0. The van der Waals surface area contributed by atoms with Gasteiger partial charge in [0.2, 0.25) is 0 Å². The van der Waals surface area contributed by atoms with Gasteiger partial charge in [-0.2, -0.15) is 0 Å². The average molecular weight is 298 g/mol. The van der Waals surface area contributed by atoms with Crippen LogP contribution >= 0.6 is 11.3 Å². The van der Waals surface area contributed by atoms with Crippen molar-refractivity contribution in [2.45, 2.75) is 13.0 Å².